The molecule has 1 aliphatic heterocycles. The number of nitrogens with zero attached hydrogens (tertiary/aromatic N) is 4. The highest BCUT2D eigenvalue weighted by Crippen LogP contribution is 2.32. The molecule has 0 unspecified atom stereocenters. The van der Waals surface area contributed by atoms with Gasteiger partial charge in [-0.05, 0) is 67.8 Å². The number of anilines is 1. The van der Waals surface area contributed by atoms with Crippen LogP contribution < -0.4 is 9.75 Å². The number of methoxy groups -OCH3 is 1. The predicted molar refractivity (Wildman–Crippen MR) is 146 cm³/mol. The highest BCUT2D eigenvalue weighted by Gasteiger charge is 2.28. The topological polar surface area (TPSA) is 92.2 Å². The predicted octanol–water partition coefficient (Wildman–Crippen LogP) is 5.08. The van der Waals surface area contributed by atoms with E-state index in [1.807, 2.05) is 49.4 Å². The molecule has 0 N–H and O–H groups in total. The van der Waals surface area contributed by atoms with Crippen LogP contribution in [0, 0.1) is 6.92 Å². The van der Waals surface area contributed by atoms with E-state index in [1.165, 1.54) is 44.9 Å². The molecule has 1 fully saturated rings. The Balaban J connectivity index is 1.49. The molecule has 0 saturated carbocycles. The molecule has 0 bridgehead atoms. The van der Waals surface area contributed by atoms with Gasteiger partial charge in [0.25, 0.3) is 5.91 Å². The Morgan fingerprint density at radius 3 is 2.43 bits per heavy atom. The fraction of sp³-hybridized carbons (Fsp3) is 0.222. The maximum absolute atomic E-state index is 13.6. The normalized spacial score (nSPS) is 14.4. The van der Waals surface area contributed by atoms with Gasteiger partial charge in [-0.25, -0.2) is 13.4 Å². The van der Waals surface area contributed by atoms with Crippen LogP contribution >= 0.6 is 11.3 Å². The number of amides is 1. The number of carbonyl (C=O) groups is 1. The minimum absolute atomic E-state index is 0.174. The molecule has 3 aromatic carbocycles. The van der Waals surface area contributed by atoms with E-state index in [0.29, 0.717) is 29.5 Å². The van der Waals surface area contributed by atoms with Gasteiger partial charge in [0.05, 0.1) is 28.4 Å². The van der Waals surface area contributed by atoms with E-state index in [-0.39, 0.29) is 4.90 Å². The number of thiazole rings is 1. The number of sulfonamides is 1. The van der Waals surface area contributed by atoms with E-state index in [9.17, 15) is 13.2 Å². The molecule has 0 atom stereocenters. The van der Waals surface area contributed by atoms with E-state index in [0.717, 1.165) is 34.2 Å². The van der Waals surface area contributed by atoms with Crippen molar-refractivity contribution in [2.24, 2.45) is 5.10 Å². The zero-order valence-electron chi connectivity index (χ0n) is 20.5. The van der Waals surface area contributed by atoms with Gasteiger partial charge in [-0.15, -0.1) is 0 Å². The molecule has 190 valence electrons. The molecular formula is C27H26N4O4S2. The molecule has 1 saturated heterocycles. The second-order valence-corrected chi connectivity index (χ2v) is 11.7. The van der Waals surface area contributed by atoms with Gasteiger partial charge in [0.15, 0.2) is 0 Å². The Morgan fingerprint density at radius 2 is 1.76 bits per heavy atom. The molecule has 4 aromatic rings. The third kappa shape index (κ3) is 5.27. The van der Waals surface area contributed by atoms with Gasteiger partial charge in [0.2, 0.25) is 15.2 Å². The summed E-state index contributed by atoms with van der Waals surface area (Å²) in [7, 11) is -1.98. The van der Waals surface area contributed by atoms with Crippen molar-refractivity contribution in [1.82, 2.24) is 9.29 Å². The number of hydrogen-bond donors (Lipinski definition) is 0. The lowest BCUT2D eigenvalue weighted by atomic mass is 10.2. The molecule has 0 aliphatic carbocycles. The van der Waals surface area contributed by atoms with E-state index in [2.05, 4.69) is 10.1 Å². The first-order valence-electron chi connectivity index (χ1n) is 11.8. The Hall–Kier alpha value is -3.60. The van der Waals surface area contributed by atoms with Crippen LogP contribution in [0.4, 0.5) is 5.13 Å². The minimum atomic E-state index is -3.57. The van der Waals surface area contributed by atoms with Crippen LogP contribution in [0.25, 0.3) is 10.2 Å². The first-order valence-corrected chi connectivity index (χ1v) is 14.1. The lowest BCUT2D eigenvalue weighted by Gasteiger charge is -2.16. The number of hydrogen-bond acceptors (Lipinski definition) is 7. The first kappa shape index (κ1) is 25.1. The molecule has 8 nitrogen and oxygen atoms in total. The molecule has 0 spiro atoms. The zero-order valence-corrected chi connectivity index (χ0v) is 22.1. The Labute approximate surface area is 219 Å². The zero-order chi connectivity index (χ0) is 26.0. The third-order valence-electron chi connectivity index (χ3n) is 6.16. The van der Waals surface area contributed by atoms with Crippen molar-refractivity contribution in [2.45, 2.75) is 24.7 Å². The maximum Gasteiger partial charge on any atom is 0.280 e. The summed E-state index contributed by atoms with van der Waals surface area (Å²) in [6, 6.07) is 19.3. The van der Waals surface area contributed by atoms with Crippen molar-refractivity contribution in [3.63, 3.8) is 0 Å². The summed E-state index contributed by atoms with van der Waals surface area (Å²) in [4.78, 5) is 18.4. The van der Waals surface area contributed by atoms with Crippen molar-refractivity contribution in [2.75, 3.05) is 25.2 Å². The van der Waals surface area contributed by atoms with Crippen LogP contribution in [-0.2, 0) is 10.0 Å². The van der Waals surface area contributed by atoms with Gasteiger partial charge in [-0.1, -0.05) is 41.2 Å². The minimum Gasteiger partial charge on any atom is -0.497 e. The lowest BCUT2D eigenvalue weighted by molar-refractivity contribution is 0.0987. The molecule has 5 rings (SSSR count). The number of fused-ring (bicyclic) bond motifs is 1. The van der Waals surface area contributed by atoms with Gasteiger partial charge < -0.3 is 4.74 Å². The maximum atomic E-state index is 13.6. The number of hydrazone groups is 1. The van der Waals surface area contributed by atoms with Crippen LogP contribution in [-0.4, -0.2) is 50.0 Å². The van der Waals surface area contributed by atoms with Crippen LogP contribution in [0.15, 0.2) is 76.7 Å². The monoisotopic (exact) mass is 534 g/mol. The van der Waals surface area contributed by atoms with E-state index < -0.39 is 15.9 Å². The second kappa shape index (κ2) is 10.4. The summed E-state index contributed by atoms with van der Waals surface area (Å²) in [5.41, 5.74) is 2.97. The number of aryl methyl sites for hydroxylation is 1. The van der Waals surface area contributed by atoms with Crippen molar-refractivity contribution in [3.8, 4) is 5.75 Å². The van der Waals surface area contributed by atoms with Gasteiger partial charge in [0.1, 0.15) is 5.75 Å². The number of benzene rings is 3. The molecule has 1 amide bonds. The van der Waals surface area contributed by atoms with E-state index >= 15 is 0 Å². The lowest BCUT2D eigenvalue weighted by Crippen LogP contribution is -2.28. The molecule has 0 radical (unpaired) electrons. The summed E-state index contributed by atoms with van der Waals surface area (Å²) in [5, 5.41) is 6.14. The van der Waals surface area contributed by atoms with Gasteiger partial charge in [-0.3, -0.25) is 4.79 Å². The largest absolute Gasteiger partial charge is 0.497 e. The van der Waals surface area contributed by atoms with Crippen LogP contribution in [0.1, 0.15) is 34.3 Å². The Morgan fingerprint density at radius 1 is 1.05 bits per heavy atom. The van der Waals surface area contributed by atoms with Crippen molar-refractivity contribution in [3.05, 3.63) is 83.4 Å². The smallest absolute Gasteiger partial charge is 0.280 e. The molecule has 2 heterocycles. The summed E-state index contributed by atoms with van der Waals surface area (Å²) >= 11 is 1.32. The number of carbonyl (C=O) groups excluding carboxylic acids is 1. The average Bonchev–Trinajstić information content (AvgIpc) is 3.60. The molecular weight excluding hydrogens is 508 g/mol. The van der Waals surface area contributed by atoms with Gasteiger partial charge in [0, 0.05) is 18.7 Å². The summed E-state index contributed by atoms with van der Waals surface area (Å²) in [6.07, 6.45) is 3.33. The van der Waals surface area contributed by atoms with Crippen molar-refractivity contribution >= 4 is 48.8 Å². The Kier molecular flexibility index (Phi) is 7.05. The summed E-state index contributed by atoms with van der Waals surface area (Å²) < 4.78 is 33.4. The fourth-order valence-electron chi connectivity index (χ4n) is 4.05. The Bertz CT molecular complexity index is 1560. The SMILES string of the molecule is COc1ccc2nc(N(/N=C/c3ccc(C)cc3)C(=O)c3ccc(S(=O)(=O)N4CCCC4)cc3)sc2c1. The number of rotatable bonds is 7. The van der Waals surface area contributed by atoms with E-state index in [1.54, 1.807) is 13.3 Å². The molecule has 1 aromatic heterocycles. The van der Waals surface area contributed by atoms with E-state index in [4.69, 9.17) is 4.74 Å². The van der Waals surface area contributed by atoms with Crippen molar-refractivity contribution in [1.29, 1.82) is 0 Å². The molecule has 10 heteroatoms. The fourth-order valence-corrected chi connectivity index (χ4v) is 6.51. The highest BCUT2D eigenvalue weighted by molar-refractivity contribution is 7.89. The quantitative estimate of drug-likeness (QED) is 0.244. The van der Waals surface area contributed by atoms with Gasteiger partial charge >= 0.3 is 0 Å². The second-order valence-electron chi connectivity index (χ2n) is 8.74. The molecule has 1 aliphatic rings. The standard InChI is InChI=1S/C27H26N4O4S2/c1-19-5-7-20(8-6-19)18-28-31(27-29-24-14-11-22(35-2)17-25(24)36-27)26(32)21-9-12-23(13-10-21)37(33,34)30-15-3-4-16-30/h5-14,17-18H,3-4,15-16H2,1-2H3/b28-18+. The van der Waals surface area contributed by atoms with Crippen molar-refractivity contribution < 1.29 is 17.9 Å². The average molecular weight is 535 g/mol. The first-order chi connectivity index (χ1) is 17.8. The summed E-state index contributed by atoms with van der Waals surface area (Å²) in [6.45, 7) is 3.04. The van der Waals surface area contributed by atoms with Gasteiger partial charge in [-0.2, -0.15) is 14.4 Å². The van der Waals surface area contributed by atoms with Crippen LogP contribution in [0.5, 0.6) is 5.75 Å². The molecule has 37 heavy (non-hydrogen) atoms. The third-order valence-corrected chi connectivity index (χ3v) is 9.07. The summed E-state index contributed by atoms with van der Waals surface area (Å²) in [5.74, 6) is 0.276. The van der Waals surface area contributed by atoms with Crippen LogP contribution in [0.3, 0.4) is 0 Å². The van der Waals surface area contributed by atoms with Crippen LogP contribution in [0.2, 0.25) is 0 Å². The highest BCUT2D eigenvalue weighted by atomic mass is 32.2. The number of aromatic nitrogens is 1. The number of ether oxygens (including phenoxy) is 1.